The summed E-state index contributed by atoms with van der Waals surface area (Å²) in [5.74, 6) is -0.529. The number of anilines is 1. The fourth-order valence-electron chi connectivity index (χ4n) is 3.88. The third kappa shape index (κ3) is 6.28. The Morgan fingerprint density at radius 3 is 2.29 bits per heavy atom. The molecular weight excluding hydrogens is 490 g/mol. The number of rotatable bonds is 10. The van der Waals surface area contributed by atoms with Crippen LogP contribution in [0.2, 0.25) is 0 Å². The molecule has 0 saturated carbocycles. The summed E-state index contributed by atoms with van der Waals surface area (Å²) in [6.45, 7) is 7.54. The zero-order valence-electron chi connectivity index (χ0n) is 20.4. The highest BCUT2D eigenvalue weighted by Gasteiger charge is 2.28. The van der Waals surface area contributed by atoms with Crippen molar-refractivity contribution in [2.24, 2.45) is 0 Å². The Bertz CT molecular complexity index is 1250. The first-order valence-corrected chi connectivity index (χ1v) is 14.6. The molecule has 0 unspecified atom stereocenters. The number of nitrogens with zero attached hydrogens (tertiary/aromatic N) is 2. The molecule has 1 amide bonds. The van der Waals surface area contributed by atoms with E-state index in [0.29, 0.717) is 50.4 Å². The lowest BCUT2D eigenvalue weighted by molar-refractivity contribution is 0.0730. The molecule has 1 aliphatic rings. The van der Waals surface area contributed by atoms with Crippen molar-refractivity contribution in [3.8, 4) is 0 Å². The summed E-state index contributed by atoms with van der Waals surface area (Å²) in [5, 5.41) is 2.70. The van der Waals surface area contributed by atoms with E-state index in [2.05, 4.69) is 5.32 Å². The minimum atomic E-state index is -3.75. The number of morpholine rings is 1. The van der Waals surface area contributed by atoms with Crippen LogP contribution in [0.15, 0.2) is 52.3 Å². The largest absolute Gasteiger partial charge is 0.379 e. The minimum Gasteiger partial charge on any atom is -0.379 e. The summed E-state index contributed by atoms with van der Waals surface area (Å²) in [7, 11) is -7.49. The lowest BCUT2D eigenvalue weighted by atomic mass is 10.2. The van der Waals surface area contributed by atoms with E-state index in [1.807, 2.05) is 13.8 Å². The Labute approximate surface area is 208 Å². The summed E-state index contributed by atoms with van der Waals surface area (Å²) in [4.78, 5) is 13.1. The number of carbonyl (C=O) groups excluding carboxylic acids is 1. The lowest BCUT2D eigenvalue weighted by Gasteiger charge is -2.26. The summed E-state index contributed by atoms with van der Waals surface area (Å²) in [6.07, 6.45) is 1.37. The first kappa shape index (κ1) is 27.3. The number of sulfonamides is 2. The summed E-state index contributed by atoms with van der Waals surface area (Å²) >= 11 is 0. The van der Waals surface area contributed by atoms with Crippen LogP contribution < -0.4 is 5.32 Å². The van der Waals surface area contributed by atoms with Gasteiger partial charge < -0.3 is 10.1 Å². The number of aryl methyl sites for hydroxylation is 1. The number of hydrogen-bond donors (Lipinski definition) is 1. The average Bonchev–Trinajstić information content (AvgIpc) is 2.85. The van der Waals surface area contributed by atoms with Crippen LogP contribution in [0.5, 0.6) is 0 Å². The quantitative estimate of drug-likeness (QED) is 0.512. The molecule has 2 aromatic rings. The van der Waals surface area contributed by atoms with Crippen molar-refractivity contribution in [3.05, 3.63) is 53.6 Å². The molecule has 1 saturated heterocycles. The monoisotopic (exact) mass is 523 g/mol. The number of nitrogens with one attached hydrogen (secondary N) is 1. The Morgan fingerprint density at radius 2 is 1.66 bits per heavy atom. The smallest absolute Gasteiger partial charge is 0.255 e. The Hall–Kier alpha value is -2.31. The zero-order valence-corrected chi connectivity index (χ0v) is 22.0. The van der Waals surface area contributed by atoms with Crippen molar-refractivity contribution >= 4 is 31.6 Å². The average molecular weight is 524 g/mol. The second-order valence-electron chi connectivity index (χ2n) is 8.38. The standard InChI is InChI=1S/C24H33N3O6S2/c1-4-11-26(12-5-2)34(29,30)22-8-6-7-20(17-22)24(28)25-21-10-9-19(3)23(18-21)35(31,32)27-13-15-33-16-14-27/h6-10,17-18H,4-5,11-16H2,1-3H3,(H,25,28). The van der Waals surface area contributed by atoms with Gasteiger partial charge in [0.05, 0.1) is 23.0 Å². The normalized spacial score (nSPS) is 15.3. The van der Waals surface area contributed by atoms with Crippen LogP contribution in [-0.2, 0) is 24.8 Å². The summed E-state index contributed by atoms with van der Waals surface area (Å²) in [6, 6.07) is 10.6. The lowest BCUT2D eigenvalue weighted by Crippen LogP contribution is -2.40. The van der Waals surface area contributed by atoms with E-state index in [-0.39, 0.29) is 28.4 Å². The van der Waals surface area contributed by atoms with Crippen LogP contribution >= 0.6 is 0 Å². The molecule has 0 bridgehead atoms. The first-order chi connectivity index (χ1) is 16.6. The van der Waals surface area contributed by atoms with Crippen LogP contribution in [-0.4, -0.2) is 70.7 Å². The fourth-order valence-corrected chi connectivity index (χ4v) is 7.21. The molecule has 3 rings (SSSR count). The van der Waals surface area contributed by atoms with E-state index < -0.39 is 26.0 Å². The van der Waals surface area contributed by atoms with Gasteiger partial charge in [-0.1, -0.05) is 26.0 Å². The third-order valence-electron chi connectivity index (χ3n) is 5.71. The Kier molecular flexibility index (Phi) is 9.05. The van der Waals surface area contributed by atoms with Gasteiger partial charge in [0.1, 0.15) is 0 Å². The van der Waals surface area contributed by atoms with Crippen molar-refractivity contribution in [3.63, 3.8) is 0 Å². The van der Waals surface area contributed by atoms with Crippen molar-refractivity contribution in [1.82, 2.24) is 8.61 Å². The van der Waals surface area contributed by atoms with Gasteiger partial charge in [-0.25, -0.2) is 16.8 Å². The molecule has 0 spiro atoms. The molecule has 1 N–H and O–H groups in total. The Morgan fingerprint density at radius 1 is 1.00 bits per heavy atom. The SMILES string of the molecule is CCCN(CCC)S(=O)(=O)c1cccc(C(=O)Nc2ccc(C)c(S(=O)(=O)N3CCOCC3)c2)c1. The van der Waals surface area contributed by atoms with Crippen LogP contribution in [0.1, 0.15) is 42.6 Å². The predicted octanol–water partition coefficient (Wildman–Crippen LogP) is 3.08. The maximum Gasteiger partial charge on any atom is 0.255 e. The molecular formula is C24H33N3O6S2. The molecule has 192 valence electrons. The van der Waals surface area contributed by atoms with Crippen LogP contribution in [0, 0.1) is 6.92 Å². The van der Waals surface area contributed by atoms with Crippen molar-refractivity contribution < 1.29 is 26.4 Å². The van der Waals surface area contributed by atoms with Gasteiger partial charge in [0.15, 0.2) is 0 Å². The molecule has 2 aromatic carbocycles. The van der Waals surface area contributed by atoms with Gasteiger partial charge in [-0.05, 0) is 55.7 Å². The van der Waals surface area contributed by atoms with Gasteiger partial charge in [-0.3, -0.25) is 4.79 Å². The van der Waals surface area contributed by atoms with Crippen molar-refractivity contribution in [2.45, 2.75) is 43.4 Å². The molecule has 0 atom stereocenters. The van der Waals surface area contributed by atoms with Gasteiger partial charge in [0, 0.05) is 37.4 Å². The molecule has 1 fully saturated rings. The van der Waals surface area contributed by atoms with Crippen LogP contribution in [0.3, 0.4) is 0 Å². The molecule has 0 aromatic heterocycles. The number of benzene rings is 2. The fraction of sp³-hybridized carbons (Fsp3) is 0.458. The van der Waals surface area contributed by atoms with E-state index in [1.165, 1.54) is 38.9 Å². The van der Waals surface area contributed by atoms with E-state index >= 15 is 0 Å². The van der Waals surface area contributed by atoms with Crippen molar-refractivity contribution in [2.75, 3.05) is 44.7 Å². The van der Waals surface area contributed by atoms with Crippen molar-refractivity contribution in [1.29, 1.82) is 0 Å². The van der Waals surface area contributed by atoms with Gasteiger partial charge >= 0.3 is 0 Å². The molecule has 1 aliphatic heterocycles. The zero-order chi connectivity index (χ0) is 25.6. The molecule has 0 aliphatic carbocycles. The highest BCUT2D eigenvalue weighted by atomic mass is 32.2. The first-order valence-electron chi connectivity index (χ1n) is 11.7. The molecule has 1 heterocycles. The second kappa shape index (κ2) is 11.6. The maximum absolute atomic E-state index is 13.1. The minimum absolute atomic E-state index is 0.0477. The van der Waals surface area contributed by atoms with E-state index in [1.54, 1.807) is 19.1 Å². The van der Waals surface area contributed by atoms with Gasteiger partial charge in [-0.15, -0.1) is 0 Å². The van der Waals surface area contributed by atoms with Crippen LogP contribution in [0.4, 0.5) is 5.69 Å². The van der Waals surface area contributed by atoms with E-state index in [9.17, 15) is 21.6 Å². The van der Waals surface area contributed by atoms with Gasteiger partial charge in [-0.2, -0.15) is 8.61 Å². The third-order valence-corrected chi connectivity index (χ3v) is 9.65. The Balaban J connectivity index is 1.85. The summed E-state index contributed by atoms with van der Waals surface area (Å²) in [5.41, 5.74) is 1.03. The molecule has 35 heavy (non-hydrogen) atoms. The van der Waals surface area contributed by atoms with E-state index in [0.717, 1.165) is 0 Å². The molecule has 9 nitrogen and oxygen atoms in total. The predicted molar refractivity (Wildman–Crippen MR) is 134 cm³/mol. The van der Waals surface area contributed by atoms with Gasteiger partial charge in [0.2, 0.25) is 20.0 Å². The van der Waals surface area contributed by atoms with Crippen LogP contribution in [0.25, 0.3) is 0 Å². The number of carbonyl (C=O) groups is 1. The molecule has 11 heteroatoms. The van der Waals surface area contributed by atoms with E-state index in [4.69, 9.17) is 4.74 Å². The summed E-state index contributed by atoms with van der Waals surface area (Å²) < 4.78 is 60.5. The highest BCUT2D eigenvalue weighted by Crippen LogP contribution is 2.25. The number of hydrogen-bond acceptors (Lipinski definition) is 6. The highest BCUT2D eigenvalue weighted by molar-refractivity contribution is 7.89. The number of amides is 1. The maximum atomic E-state index is 13.1. The second-order valence-corrected chi connectivity index (χ2v) is 12.2. The topological polar surface area (TPSA) is 113 Å². The molecule has 0 radical (unpaired) electrons. The number of ether oxygens (including phenoxy) is 1. The van der Waals surface area contributed by atoms with Gasteiger partial charge in [0.25, 0.3) is 5.91 Å².